The minimum atomic E-state index is -0.258. The minimum absolute atomic E-state index is 0.124. The number of carbonyl (C=O) groups is 2. The highest BCUT2D eigenvalue weighted by Gasteiger charge is 2.28. The van der Waals surface area contributed by atoms with Crippen LogP contribution in [0, 0.1) is 11.7 Å². The molecule has 2 amide bonds. The maximum Gasteiger partial charge on any atom is 0.257 e. The van der Waals surface area contributed by atoms with Gasteiger partial charge in [-0.05, 0) is 80.0 Å². The van der Waals surface area contributed by atoms with Crippen LogP contribution in [-0.2, 0) is 12.8 Å². The number of nitrogens with zero attached hydrogens (tertiary/aromatic N) is 2. The van der Waals surface area contributed by atoms with Gasteiger partial charge in [-0.3, -0.25) is 14.6 Å². The fraction of sp³-hybridized carbons (Fsp3) is 0.346. The molecule has 1 fully saturated rings. The van der Waals surface area contributed by atoms with Crippen LogP contribution in [0.4, 0.5) is 15.1 Å². The molecule has 5 rings (SSSR count). The Hall–Kier alpha value is -3.26. The number of aromatic nitrogens is 1. The third kappa shape index (κ3) is 4.82. The number of aryl methyl sites for hydroxylation is 1. The van der Waals surface area contributed by atoms with E-state index in [0.29, 0.717) is 28.6 Å². The minimum Gasteiger partial charge on any atom is -0.371 e. The monoisotopic (exact) mass is 478 g/mol. The summed E-state index contributed by atoms with van der Waals surface area (Å²) in [6, 6.07) is 9.98. The molecule has 1 saturated heterocycles. The summed E-state index contributed by atoms with van der Waals surface area (Å²) in [5, 5.41) is 6.72. The van der Waals surface area contributed by atoms with Crippen molar-refractivity contribution in [2.45, 2.75) is 32.1 Å². The number of amides is 2. The Kier molecular flexibility index (Phi) is 6.58. The van der Waals surface area contributed by atoms with Gasteiger partial charge >= 0.3 is 0 Å². The van der Waals surface area contributed by atoms with Crippen LogP contribution in [0.15, 0.2) is 48.8 Å². The van der Waals surface area contributed by atoms with Gasteiger partial charge in [-0.15, -0.1) is 11.3 Å². The van der Waals surface area contributed by atoms with E-state index < -0.39 is 0 Å². The Bertz CT molecular complexity index is 1180. The Balaban J connectivity index is 1.27. The summed E-state index contributed by atoms with van der Waals surface area (Å²) >= 11 is 1.52. The van der Waals surface area contributed by atoms with E-state index in [4.69, 9.17) is 0 Å². The number of benzene rings is 1. The van der Waals surface area contributed by atoms with Crippen molar-refractivity contribution in [2.75, 3.05) is 29.9 Å². The van der Waals surface area contributed by atoms with E-state index in [0.717, 1.165) is 56.4 Å². The van der Waals surface area contributed by atoms with Gasteiger partial charge in [0.25, 0.3) is 11.8 Å². The number of hydrogen-bond donors (Lipinski definition) is 2. The molecule has 6 nitrogen and oxygen atoms in total. The maximum atomic E-state index is 13.3. The molecule has 0 bridgehead atoms. The summed E-state index contributed by atoms with van der Waals surface area (Å²) in [4.78, 5) is 33.5. The number of thiophene rings is 1. The van der Waals surface area contributed by atoms with Gasteiger partial charge in [-0.2, -0.15) is 0 Å². The molecule has 0 saturated carbocycles. The van der Waals surface area contributed by atoms with Gasteiger partial charge in [0.05, 0.1) is 11.1 Å². The molecule has 176 valence electrons. The fourth-order valence-corrected chi connectivity index (χ4v) is 6.06. The molecule has 8 heteroatoms. The third-order valence-corrected chi connectivity index (χ3v) is 7.79. The number of halogens is 1. The van der Waals surface area contributed by atoms with Crippen LogP contribution in [0.5, 0.6) is 0 Å². The van der Waals surface area contributed by atoms with Gasteiger partial charge in [-0.1, -0.05) is 0 Å². The lowest BCUT2D eigenvalue weighted by Gasteiger charge is -2.19. The average molecular weight is 479 g/mol. The van der Waals surface area contributed by atoms with Crippen LogP contribution in [-0.4, -0.2) is 36.4 Å². The van der Waals surface area contributed by atoms with E-state index in [1.54, 1.807) is 30.5 Å². The number of anilines is 2. The zero-order chi connectivity index (χ0) is 23.5. The molecule has 3 heterocycles. The van der Waals surface area contributed by atoms with Crippen LogP contribution < -0.4 is 15.5 Å². The van der Waals surface area contributed by atoms with E-state index in [2.05, 4.69) is 20.5 Å². The summed E-state index contributed by atoms with van der Waals surface area (Å²) in [6.07, 6.45) is 8.07. The van der Waals surface area contributed by atoms with Gasteiger partial charge in [-0.25, -0.2) is 4.39 Å². The number of hydrogen-bond acceptors (Lipinski definition) is 5. The lowest BCUT2D eigenvalue weighted by atomic mass is 9.95. The summed E-state index contributed by atoms with van der Waals surface area (Å²) in [6.45, 7) is 2.27. The Morgan fingerprint density at radius 3 is 2.74 bits per heavy atom. The normalized spacial score (nSPS) is 17.3. The van der Waals surface area contributed by atoms with Crippen LogP contribution in [0.25, 0.3) is 0 Å². The molecule has 34 heavy (non-hydrogen) atoms. The molecule has 2 aliphatic rings. The molecule has 1 atom stereocenters. The average Bonchev–Trinajstić information content (AvgIpc) is 3.48. The van der Waals surface area contributed by atoms with Crippen molar-refractivity contribution in [1.82, 2.24) is 10.3 Å². The predicted octanol–water partition coefficient (Wildman–Crippen LogP) is 4.67. The lowest BCUT2D eigenvalue weighted by Crippen LogP contribution is -2.32. The molecule has 2 N–H and O–H groups in total. The molecule has 1 aliphatic carbocycles. The molecule has 3 aromatic rings. The summed E-state index contributed by atoms with van der Waals surface area (Å²) in [5.74, 6) is -0.304. The first-order chi connectivity index (χ1) is 16.6. The highest BCUT2D eigenvalue weighted by atomic mass is 32.1. The van der Waals surface area contributed by atoms with E-state index in [1.165, 1.54) is 34.5 Å². The van der Waals surface area contributed by atoms with Crippen molar-refractivity contribution in [1.29, 1.82) is 0 Å². The standard InChI is InChI=1S/C26H27FN4O2S/c27-19-7-9-20(10-8-19)31-13-11-17(16-31)14-29-25(33)23-21-5-1-2-6-22(21)34-26(23)30-24(32)18-4-3-12-28-15-18/h3-4,7-10,12,15,17H,1-2,5-6,11,13-14,16H2,(H,29,33)(H,30,32). The van der Waals surface area contributed by atoms with Crippen LogP contribution in [0.3, 0.4) is 0 Å². The Morgan fingerprint density at radius 1 is 1.12 bits per heavy atom. The second-order valence-electron chi connectivity index (χ2n) is 8.90. The van der Waals surface area contributed by atoms with Crippen LogP contribution in [0.2, 0.25) is 0 Å². The summed E-state index contributed by atoms with van der Waals surface area (Å²) < 4.78 is 13.2. The summed E-state index contributed by atoms with van der Waals surface area (Å²) in [5.41, 5.74) is 3.16. The molecule has 1 aromatic carbocycles. The zero-order valence-corrected chi connectivity index (χ0v) is 19.7. The van der Waals surface area contributed by atoms with Gasteiger partial charge in [0.2, 0.25) is 0 Å². The predicted molar refractivity (Wildman–Crippen MR) is 132 cm³/mol. The number of fused-ring (bicyclic) bond motifs is 1. The smallest absolute Gasteiger partial charge is 0.257 e. The molecular formula is C26H27FN4O2S. The molecule has 2 aromatic heterocycles. The summed E-state index contributed by atoms with van der Waals surface area (Å²) in [7, 11) is 0. The van der Waals surface area contributed by atoms with E-state index in [9.17, 15) is 14.0 Å². The maximum absolute atomic E-state index is 13.3. The first kappa shape index (κ1) is 22.5. The third-order valence-electron chi connectivity index (χ3n) is 6.58. The van der Waals surface area contributed by atoms with Crippen molar-refractivity contribution in [3.63, 3.8) is 0 Å². The number of pyridine rings is 1. The highest BCUT2D eigenvalue weighted by molar-refractivity contribution is 7.17. The molecule has 0 spiro atoms. The van der Waals surface area contributed by atoms with E-state index in [1.807, 2.05) is 0 Å². The SMILES string of the molecule is O=C(Nc1sc2c(c1C(=O)NCC1CCN(c3ccc(F)cc3)C1)CCCC2)c1cccnc1. The number of rotatable bonds is 6. The highest BCUT2D eigenvalue weighted by Crippen LogP contribution is 2.38. The van der Waals surface area contributed by atoms with E-state index in [-0.39, 0.29) is 17.6 Å². The molecule has 1 aliphatic heterocycles. The van der Waals surface area contributed by atoms with Crippen LogP contribution in [0.1, 0.15) is 50.4 Å². The lowest BCUT2D eigenvalue weighted by molar-refractivity contribution is 0.0948. The van der Waals surface area contributed by atoms with Crippen molar-refractivity contribution >= 4 is 33.8 Å². The van der Waals surface area contributed by atoms with Gasteiger partial charge < -0.3 is 15.5 Å². The van der Waals surface area contributed by atoms with Crippen LogP contribution >= 0.6 is 11.3 Å². The van der Waals surface area contributed by atoms with Crippen molar-refractivity contribution < 1.29 is 14.0 Å². The van der Waals surface area contributed by atoms with Gasteiger partial charge in [0.1, 0.15) is 10.8 Å². The molecule has 0 radical (unpaired) electrons. The first-order valence-electron chi connectivity index (χ1n) is 11.7. The van der Waals surface area contributed by atoms with Crippen molar-refractivity contribution in [2.24, 2.45) is 5.92 Å². The largest absolute Gasteiger partial charge is 0.371 e. The number of nitrogens with one attached hydrogen (secondary N) is 2. The van der Waals surface area contributed by atoms with Crippen molar-refractivity contribution in [3.8, 4) is 0 Å². The second kappa shape index (κ2) is 9.93. The fourth-order valence-electron chi connectivity index (χ4n) is 4.78. The van der Waals surface area contributed by atoms with Gasteiger partial charge in [0.15, 0.2) is 0 Å². The zero-order valence-electron chi connectivity index (χ0n) is 18.9. The Morgan fingerprint density at radius 2 is 1.94 bits per heavy atom. The Labute approximate surface area is 202 Å². The molecular weight excluding hydrogens is 451 g/mol. The van der Waals surface area contributed by atoms with Gasteiger partial charge in [0, 0.05) is 42.6 Å². The molecule has 1 unspecified atom stereocenters. The van der Waals surface area contributed by atoms with Crippen molar-refractivity contribution in [3.05, 3.63) is 76.2 Å². The van der Waals surface area contributed by atoms with E-state index >= 15 is 0 Å². The second-order valence-corrected chi connectivity index (χ2v) is 10.0. The topological polar surface area (TPSA) is 74.3 Å². The first-order valence-corrected chi connectivity index (χ1v) is 12.5. The number of carbonyl (C=O) groups excluding carboxylic acids is 2. The quantitative estimate of drug-likeness (QED) is 0.540.